The number of carbonyl (C=O) groups is 4. The van der Waals surface area contributed by atoms with E-state index in [1.54, 1.807) is 6.92 Å². The molecule has 15 heteroatoms. The number of unbranched alkanes of at least 4 members (excludes halogenated alkanes) is 9. The van der Waals surface area contributed by atoms with Crippen LogP contribution in [0.2, 0.25) is 0 Å². The van der Waals surface area contributed by atoms with E-state index in [-0.39, 0.29) is 70.2 Å². The summed E-state index contributed by atoms with van der Waals surface area (Å²) in [4.78, 5) is 55.1. The maximum atomic E-state index is 14.9. The lowest BCUT2D eigenvalue weighted by Gasteiger charge is -2.36. The van der Waals surface area contributed by atoms with Crippen LogP contribution in [0.15, 0.2) is 0 Å². The number of rotatable bonds is 47. The molecule has 0 aliphatic carbocycles. The van der Waals surface area contributed by atoms with Gasteiger partial charge in [0.2, 0.25) is 5.91 Å². The third-order valence-electron chi connectivity index (χ3n) is 12.9. The quantitative estimate of drug-likeness (QED) is 0.0333. The van der Waals surface area contributed by atoms with Gasteiger partial charge in [0.1, 0.15) is 23.9 Å². The number of nitrogens with zero attached hydrogens (tertiary/aromatic N) is 1. The van der Waals surface area contributed by atoms with E-state index < -0.39 is 71.4 Å². The lowest BCUT2D eigenvalue weighted by atomic mass is 9.80. The maximum Gasteiger partial charge on any atom is 0.309 e. The van der Waals surface area contributed by atoms with Crippen LogP contribution in [0.5, 0.6) is 0 Å². The van der Waals surface area contributed by atoms with E-state index >= 15 is 0 Å². The molecule has 1 amide bonds. The number of primary amides is 1. The Labute approximate surface area is 432 Å². The first-order valence-electron chi connectivity index (χ1n) is 27.8. The molecule has 0 aromatic rings. The van der Waals surface area contributed by atoms with Gasteiger partial charge in [-0.05, 0) is 98.3 Å². The zero-order valence-electron chi connectivity index (χ0n) is 47.8. The van der Waals surface area contributed by atoms with Gasteiger partial charge in [0.25, 0.3) is 0 Å². The van der Waals surface area contributed by atoms with Gasteiger partial charge < -0.3 is 53.2 Å². The van der Waals surface area contributed by atoms with Crippen molar-refractivity contribution in [3.05, 3.63) is 0 Å². The van der Waals surface area contributed by atoms with Gasteiger partial charge in [-0.25, -0.2) is 0 Å². The van der Waals surface area contributed by atoms with Crippen LogP contribution in [0.25, 0.3) is 0 Å². The average molecular weight is 1020 g/mol. The van der Waals surface area contributed by atoms with Crippen molar-refractivity contribution in [3.63, 3.8) is 0 Å². The molecule has 5 atom stereocenters. The fourth-order valence-corrected chi connectivity index (χ4v) is 9.73. The molecule has 0 heterocycles. The zero-order valence-corrected chi connectivity index (χ0v) is 47.8. The highest BCUT2D eigenvalue weighted by Gasteiger charge is 2.39. The molecule has 0 bridgehead atoms. The number of quaternary nitrogens is 1. The first kappa shape index (κ1) is 68.6. The standard InChI is InChI=1S/C56H108N2O13/c1-15-21-22-23-24-25-26-27-28-29-30-58(13,14)35-43(7)31-46(54(63)71-56(11,12)42-55(8,9)10)34-47(33-45(52(60)61)32-44(16-2)51(57)59)53(62)70-50(40-68-48(36-64-17-3)37-65-18-4)41-69-49(38-66-19-5)39-67-20-6/h43-50H,15-42H2,1-14H3,(H2-,57,59,60,61)/p+1. The van der Waals surface area contributed by atoms with E-state index in [1.807, 2.05) is 41.5 Å². The minimum atomic E-state index is -1.17. The van der Waals surface area contributed by atoms with Gasteiger partial charge in [-0.1, -0.05) is 92.9 Å². The van der Waals surface area contributed by atoms with Gasteiger partial charge in [-0.15, -0.1) is 0 Å². The van der Waals surface area contributed by atoms with E-state index in [0.29, 0.717) is 45.7 Å². The second kappa shape index (κ2) is 39.1. The molecule has 5 unspecified atom stereocenters. The van der Waals surface area contributed by atoms with Crippen LogP contribution in [0.1, 0.15) is 186 Å². The molecule has 0 radical (unpaired) electrons. The normalized spacial score (nSPS) is 14.7. The summed E-state index contributed by atoms with van der Waals surface area (Å²) < 4.78 is 48.8. The van der Waals surface area contributed by atoms with Gasteiger partial charge in [0.05, 0.1) is 84.6 Å². The average Bonchev–Trinajstić information content (AvgIpc) is 3.27. The molecule has 0 fully saturated rings. The smallest absolute Gasteiger partial charge is 0.309 e. The van der Waals surface area contributed by atoms with Crippen molar-refractivity contribution >= 4 is 23.8 Å². The molecule has 0 spiro atoms. The van der Waals surface area contributed by atoms with Crippen LogP contribution in [0.3, 0.4) is 0 Å². The molecule has 15 nitrogen and oxygen atoms in total. The summed E-state index contributed by atoms with van der Waals surface area (Å²) in [6.07, 6.45) is 11.8. The number of esters is 2. The first-order valence-corrected chi connectivity index (χ1v) is 27.8. The summed E-state index contributed by atoms with van der Waals surface area (Å²) in [6, 6.07) is 0. The Morgan fingerprint density at radius 2 is 0.972 bits per heavy atom. The molecular formula is C56H109N2O13+. The second-order valence-electron chi connectivity index (χ2n) is 22.5. The SMILES string of the molecule is CCCCCCCCCCCC[N+](C)(C)CC(C)CC(CC(CC(CC(CC)C(N)=O)C(=O)O)C(=O)OC(COC(COCC)COCC)COC(COCC)COCC)C(=O)OC(C)(C)CC(C)(C)C. The molecule has 0 aromatic heterocycles. The maximum absolute atomic E-state index is 14.9. The van der Waals surface area contributed by atoms with Gasteiger partial charge >= 0.3 is 17.9 Å². The fourth-order valence-electron chi connectivity index (χ4n) is 9.73. The number of carboxylic acids is 1. The van der Waals surface area contributed by atoms with E-state index in [2.05, 4.69) is 48.7 Å². The van der Waals surface area contributed by atoms with Gasteiger partial charge in [0, 0.05) is 38.3 Å². The van der Waals surface area contributed by atoms with Gasteiger partial charge in [-0.2, -0.15) is 0 Å². The number of hydrogen-bond acceptors (Lipinski definition) is 12. The molecule has 420 valence electrons. The topological polar surface area (TPSA) is 188 Å². The third-order valence-corrected chi connectivity index (χ3v) is 12.9. The summed E-state index contributed by atoms with van der Waals surface area (Å²) in [6.45, 7) is 28.3. The highest BCUT2D eigenvalue weighted by molar-refractivity contribution is 5.79. The van der Waals surface area contributed by atoms with Crippen molar-refractivity contribution in [2.24, 2.45) is 40.7 Å². The van der Waals surface area contributed by atoms with E-state index in [9.17, 15) is 24.3 Å². The number of carboxylic acid groups (broad SMARTS) is 1. The molecule has 3 N–H and O–H groups in total. The van der Waals surface area contributed by atoms with Crippen LogP contribution in [-0.4, -0.2) is 151 Å². The van der Waals surface area contributed by atoms with Crippen LogP contribution in [-0.2, 0) is 57.1 Å². The zero-order chi connectivity index (χ0) is 53.9. The highest BCUT2D eigenvalue weighted by atomic mass is 16.6. The minimum absolute atomic E-state index is 0.0281. The number of ether oxygens (including phenoxy) is 8. The Hall–Kier alpha value is -2.40. The number of nitrogens with two attached hydrogens (primary N) is 1. The monoisotopic (exact) mass is 1020 g/mol. The lowest BCUT2D eigenvalue weighted by Crippen LogP contribution is -2.44. The van der Waals surface area contributed by atoms with Crippen molar-refractivity contribution < 1.29 is 66.7 Å². The minimum Gasteiger partial charge on any atom is -0.481 e. The number of hydrogen-bond donors (Lipinski definition) is 2. The molecule has 0 saturated heterocycles. The Balaban J connectivity index is 7.07. The number of aliphatic carboxylic acids is 1. The van der Waals surface area contributed by atoms with Gasteiger partial charge in [-0.3, -0.25) is 19.2 Å². The predicted octanol–water partition coefficient (Wildman–Crippen LogP) is 10.2. The van der Waals surface area contributed by atoms with Crippen LogP contribution >= 0.6 is 0 Å². The van der Waals surface area contributed by atoms with E-state index in [0.717, 1.165) is 24.0 Å². The van der Waals surface area contributed by atoms with Crippen LogP contribution in [0, 0.1) is 35.0 Å². The highest BCUT2D eigenvalue weighted by Crippen LogP contribution is 2.35. The molecule has 0 rings (SSSR count). The van der Waals surface area contributed by atoms with E-state index in [1.165, 1.54) is 57.8 Å². The second-order valence-corrected chi connectivity index (χ2v) is 22.5. The molecule has 0 aromatic carbocycles. The largest absolute Gasteiger partial charge is 0.481 e. The van der Waals surface area contributed by atoms with Crippen molar-refractivity contribution in [2.45, 2.75) is 210 Å². The molecule has 0 aliphatic heterocycles. The van der Waals surface area contributed by atoms with Crippen LogP contribution in [0.4, 0.5) is 0 Å². The van der Waals surface area contributed by atoms with Crippen molar-refractivity contribution in [2.75, 3.05) is 93.3 Å². The summed E-state index contributed by atoms with van der Waals surface area (Å²) >= 11 is 0. The predicted molar refractivity (Wildman–Crippen MR) is 282 cm³/mol. The first-order chi connectivity index (χ1) is 33.5. The van der Waals surface area contributed by atoms with Crippen molar-refractivity contribution in [3.8, 4) is 0 Å². The molecule has 71 heavy (non-hydrogen) atoms. The Morgan fingerprint density at radius 1 is 0.549 bits per heavy atom. The Morgan fingerprint density at radius 3 is 1.38 bits per heavy atom. The van der Waals surface area contributed by atoms with Crippen molar-refractivity contribution in [1.29, 1.82) is 0 Å². The summed E-state index contributed by atoms with van der Waals surface area (Å²) in [7, 11) is 4.46. The summed E-state index contributed by atoms with van der Waals surface area (Å²) in [5.74, 6) is -6.59. The molecule has 0 aliphatic rings. The Bertz CT molecular complexity index is 1350. The van der Waals surface area contributed by atoms with E-state index in [4.69, 9.17) is 43.6 Å². The molecule has 0 saturated carbocycles. The molecular weight excluding hydrogens is 909 g/mol. The van der Waals surface area contributed by atoms with Crippen LogP contribution < -0.4 is 5.73 Å². The van der Waals surface area contributed by atoms with Gasteiger partial charge in [0.15, 0.2) is 0 Å². The Kier molecular flexibility index (Phi) is 37.8. The number of carbonyl (C=O) groups excluding carboxylic acids is 3. The van der Waals surface area contributed by atoms with Crippen molar-refractivity contribution in [1.82, 2.24) is 0 Å². The third kappa shape index (κ3) is 35.4. The summed E-state index contributed by atoms with van der Waals surface area (Å²) in [5, 5.41) is 10.6. The summed E-state index contributed by atoms with van der Waals surface area (Å²) in [5.41, 5.74) is 4.78. The fraction of sp³-hybridized carbons (Fsp3) is 0.929. The number of amides is 1. The lowest BCUT2D eigenvalue weighted by molar-refractivity contribution is -0.893.